The molecule has 1 aromatic rings. The zero-order valence-corrected chi connectivity index (χ0v) is 12.1. The van der Waals surface area contributed by atoms with E-state index >= 15 is 0 Å². The van der Waals surface area contributed by atoms with Crippen molar-refractivity contribution in [3.63, 3.8) is 0 Å². The lowest BCUT2D eigenvalue weighted by Crippen LogP contribution is -2.17. The molecule has 1 rings (SSSR count). The summed E-state index contributed by atoms with van der Waals surface area (Å²) in [6.07, 6.45) is -4.38. The number of hydrogen-bond acceptors (Lipinski definition) is 1. The average molecular weight is 334 g/mol. The van der Waals surface area contributed by atoms with E-state index in [-0.39, 0.29) is 16.7 Å². The van der Waals surface area contributed by atoms with Gasteiger partial charge in [0.1, 0.15) is 6.61 Å². The van der Waals surface area contributed by atoms with Crippen LogP contribution in [0.5, 0.6) is 0 Å². The molecule has 0 heterocycles. The first-order valence-corrected chi connectivity index (χ1v) is 6.23. The van der Waals surface area contributed by atoms with E-state index in [4.69, 9.17) is 34.8 Å². The van der Waals surface area contributed by atoms with Gasteiger partial charge in [-0.15, -0.1) is 0 Å². The molecule has 19 heavy (non-hydrogen) atoms. The van der Waals surface area contributed by atoms with E-state index in [0.29, 0.717) is 21.7 Å². The summed E-state index contributed by atoms with van der Waals surface area (Å²) in [5.74, 6) is 0. The van der Waals surface area contributed by atoms with Gasteiger partial charge in [-0.25, -0.2) is 0 Å². The molecule has 0 atom stereocenters. The molecule has 0 bridgehead atoms. The molecule has 1 nitrogen and oxygen atoms in total. The summed E-state index contributed by atoms with van der Waals surface area (Å²) in [5, 5.41) is 0.713. The van der Waals surface area contributed by atoms with Crippen LogP contribution in [0.4, 0.5) is 13.2 Å². The van der Waals surface area contributed by atoms with Gasteiger partial charge in [-0.05, 0) is 24.1 Å². The lowest BCUT2D eigenvalue weighted by atomic mass is 10.0. The van der Waals surface area contributed by atoms with Crippen molar-refractivity contribution in [3.05, 3.63) is 39.4 Å². The zero-order valence-electron chi connectivity index (χ0n) is 9.87. The lowest BCUT2D eigenvalue weighted by molar-refractivity contribution is -0.176. The van der Waals surface area contributed by atoms with Crippen molar-refractivity contribution < 1.29 is 17.9 Å². The third kappa shape index (κ3) is 4.56. The molecule has 0 aromatic heterocycles. The third-order valence-electron chi connectivity index (χ3n) is 2.39. The van der Waals surface area contributed by atoms with Gasteiger partial charge < -0.3 is 4.74 Å². The van der Waals surface area contributed by atoms with Crippen LogP contribution in [0.1, 0.15) is 16.7 Å². The maximum Gasteiger partial charge on any atom is 0.411 e. The molecule has 0 fully saturated rings. The van der Waals surface area contributed by atoms with Gasteiger partial charge >= 0.3 is 6.18 Å². The molecule has 0 radical (unpaired) electrons. The molecule has 0 amide bonds. The Bertz CT molecular complexity index is 498. The molecule has 0 saturated heterocycles. The van der Waals surface area contributed by atoms with Crippen molar-refractivity contribution in [2.45, 2.75) is 19.7 Å². The number of hydrogen-bond donors (Lipinski definition) is 0. The van der Waals surface area contributed by atoms with Crippen LogP contribution in [0.3, 0.4) is 0 Å². The average Bonchev–Trinajstić information content (AvgIpc) is 2.20. The third-order valence-corrected chi connectivity index (χ3v) is 3.22. The van der Waals surface area contributed by atoms with Crippen LogP contribution in [0.25, 0.3) is 5.03 Å². The second-order valence-corrected chi connectivity index (χ2v) is 5.10. The van der Waals surface area contributed by atoms with Gasteiger partial charge in [0.2, 0.25) is 0 Å². The lowest BCUT2D eigenvalue weighted by Gasteiger charge is -2.15. The molecular formula is C12H10Cl3F3O. The van der Waals surface area contributed by atoms with Gasteiger partial charge in [0.05, 0.1) is 11.6 Å². The molecule has 1 aromatic carbocycles. The van der Waals surface area contributed by atoms with Gasteiger partial charge in [-0.2, -0.15) is 13.2 Å². The highest BCUT2D eigenvalue weighted by molar-refractivity contribution is 6.50. The maximum atomic E-state index is 12.0. The first-order chi connectivity index (χ1) is 8.63. The molecule has 0 unspecified atom stereocenters. The van der Waals surface area contributed by atoms with Crippen molar-refractivity contribution in [3.8, 4) is 0 Å². The summed E-state index contributed by atoms with van der Waals surface area (Å²) < 4.78 is 40.6. The number of alkyl halides is 3. The van der Waals surface area contributed by atoms with Gasteiger partial charge in [0.25, 0.3) is 0 Å². The predicted octanol–water partition coefficient (Wildman–Crippen LogP) is 5.59. The van der Waals surface area contributed by atoms with E-state index in [2.05, 4.69) is 11.3 Å². The Morgan fingerprint density at radius 1 is 1.32 bits per heavy atom. The smallest absolute Gasteiger partial charge is 0.367 e. The number of ether oxygens (including phenoxy) is 1. The van der Waals surface area contributed by atoms with Gasteiger partial charge in [-0.1, -0.05) is 41.4 Å². The molecule has 0 aliphatic rings. The molecule has 106 valence electrons. The normalized spacial score (nSPS) is 11.7. The topological polar surface area (TPSA) is 9.23 Å². The maximum absolute atomic E-state index is 12.0. The van der Waals surface area contributed by atoms with Crippen LogP contribution in [0.2, 0.25) is 10.0 Å². The van der Waals surface area contributed by atoms with Crippen LogP contribution in [-0.2, 0) is 11.3 Å². The highest BCUT2D eigenvalue weighted by Crippen LogP contribution is 2.35. The molecule has 0 spiro atoms. The number of halogens is 6. The Balaban J connectivity index is 3.01. The van der Waals surface area contributed by atoms with E-state index in [1.165, 1.54) is 6.07 Å². The highest BCUT2D eigenvalue weighted by atomic mass is 35.5. The first-order valence-electron chi connectivity index (χ1n) is 5.10. The van der Waals surface area contributed by atoms with Crippen LogP contribution in [0.15, 0.2) is 12.6 Å². The summed E-state index contributed by atoms with van der Waals surface area (Å²) >= 11 is 17.7. The summed E-state index contributed by atoms with van der Waals surface area (Å²) in [4.78, 5) is 0. The van der Waals surface area contributed by atoms with E-state index in [0.717, 1.165) is 0 Å². The van der Waals surface area contributed by atoms with E-state index in [1.807, 2.05) is 0 Å². The Labute approximate surface area is 123 Å². The van der Waals surface area contributed by atoms with Gasteiger partial charge in [-0.3, -0.25) is 0 Å². The van der Waals surface area contributed by atoms with Crippen LogP contribution in [-0.4, -0.2) is 12.8 Å². The standard InChI is InChI=1S/C12H10Cl3F3O/c1-6-8(4-19-5-12(16,17)18)9(14)3-10(15)11(6)7(2)13/h3H,2,4-5H2,1H3. The minimum atomic E-state index is -4.38. The summed E-state index contributed by atoms with van der Waals surface area (Å²) in [7, 11) is 0. The van der Waals surface area contributed by atoms with E-state index in [1.54, 1.807) is 6.92 Å². The van der Waals surface area contributed by atoms with E-state index in [9.17, 15) is 13.2 Å². The Morgan fingerprint density at radius 3 is 2.37 bits per heavy atom. The first kappa shape index (κ1) is 16.6. The summed E-state index contributed by atoms with van der Waals surface area (Å²) in [6.45, 7) is 3.58. The van der Waals surface area contributed by atoms with Crippen molar-refractivity contribution in [1.82, 2.24) is 0 Å². The molecule has 0 aliphatic heterocycles. The Morgan fingerprint density at radius 2 is 1.89 bits per heavy atom. The van der Waals surface area contributed by atoms with Crippen LogP contribution >= 0.6 is 34.8 Å². The fourth-order valence-corrected chi connectivity index (χ4v) is 2.58. The molecule has 0 saturated carbocycles. The quantitative estimate of drug-likeness (QED) is 0.698. The Kier molecular flexibility index (Phi) is 5.56. The van der Waals surface area contributed by atoms with Gasteiger partial charge in [0, 0.05) is 15.6 Å². The minimum Gasteiger partial charge on any atom is -0.367 e. The van der Waals surface area contributed by atoms with Gasteiger partial charge in [0.15, 0.2) is 0 Å². The second kappa shape index (κ2) is 6.35. The Hall–Kier alpha value is -0.420. The van der Waals surface area contributed by atoms with Crippen LogP contribution < -0.4 is 0 Å². The fraction of sp³-hybridized carbons (Fsp3) is 0.333. The molecule has 7 heteroatoms. The van der Waals surface area contributed by atoms with Crippen molar-refractivity contribution in [2.75, 3.05) is 6.61 Å². The molecule has 0 aliphatic carbocycles. The number of benzene rings is 1. The van der Waals surface area contributed by atoms with Crippen molar-refractivity contribution in [1.29, 1.82) is 0 Å². The highest BCUT2D eigenvalue weighted by Gasteiger charge is 2.27. The van der Waals surface area contributed by atoms with Crippen molar-refractivity contribution in [2.24, 2.45) is 0 Å². The van der Waals surface area contributed by atoms with Crippen molar-refractivity contribution >= 4 is 39.8 Å². The fourth-order valence-electron chi connectivity index (χ4n) is 1.56. The molecule has 0 N–H and O–H groups in total. The monoisotopic (exact) mass is 332 g/mol. The van der Waals surface area contributed by atoms with E-state index < -0.39 is 12.8 Å². The van der Waals surface area contributed by atoms with Crippen LogP contribution in [0, 0.1) is 6.92 Å². The summed E-state index contributed by atoms with van der Waals surface area (Å²) in [5.41, 5.74) is 1.42. The number of rotatable bonds is 4. The predicted molar refractivity (Wildman–Crippen MR) is 71.8 cm³/mol. The zero-order chi connectivity index (χ0) is 14.8. The largest absolute Gasteiger partial charge is 0.411 e. The second-order valence-electron chi connectivity index (χ2n) is 3.83. The minimum absolute atomic E-state index is 0.191. The molecular weight excluding hydrogens is 323 g/mol. The SMILES string of the molecule is C=C(Cl)c1c(Cl)cc(Cl)c(COCC(F)(F)F)c1C. The summed E-state index contributed by atoms with van der Waals surface area (Å²) in [6, 6.07) is 1.41.